The molecular weight excluding hydrogens is 537 g/mol. The minimum Gasteiger partial charge on any atom is -0.489 e. The summed E-state index contributed by atoms with van der Waals surface area (Å²) in [5.74, 6) is -0.200. The first-order valence-corrected chi connectivity index (χ1v) is 12.6. The highest BCUT2D eigenvalue weighted by molar-refractivity contribution is 5.43. The van der Waals surface area contributed by atoms with Crippen LogP contribution in [0.4, 0.5) is 13.2 Å². The Morgan fingerprint density at radius 1 is 0.925 bits per heavy atom. The quantitative estimate of drug-likeness (QED) is 0.233. The van der Waals surface area contributed by atoms with Crippen LogP contribution in [-0.4, -0.2) is 79.2 Å². The molecular formula is C27H31F3N2O8. The van der Waals surface area contributed by atoms with Crippen molar-refractivity contribution in [3.63, 3.8) is 0 Å². The summed E-state index contributed by atoms with van der Waals surface area (Å²) in [6.45, 7) is -1.25. The third-order valence-corrected chi connectivity index (χ3v) is 6.46. The molecule has 0 bridgehead atoms. The van der Waals surface area contributed by atoms with Crippen LogP contribution in [0, 0.1) is 0 Å². The van der Waals surface area contributed by atoms with Crippen molar-refractivity contribution in [3.05, 3.63) is 77.0 Å². The molecule has 1 saturated heterocycles. The Morgan fingerprint density at radius 2 is 1.62 bits per heavy atom. The highest BCUT2D eigenvalue weighted by Crippen LogP contribution is 2.39. The zero-order valence-electron chi connectivity index (χ0n) is 21.3. The summed E-state index contributed by atoms with van der Waals surface area (Å²) < 4.78 is 60.8. The first-order valence-electron chi connectivity index (χ1n) is 12.6. The number of benzene rings is 2. The zero-order chi connectivity index (χ0) is 28.9. The van der Waals surface area contributed by atoms with Crippen molar-refractivity contribution in [1.82, 2.24) is 9.78 Å². The highest BCUT2D eigenvalue weighted by Gasteiger charge is 2.46. The summed E-state index contributed by atoms with van der Waals surface area (Å²) in [4.78, 5) is 0. The van der Waals surface area contributed by atoms with Crippen LogP contribution >= 0.6 is 0 Å². The van der Waals surface area contributed by atoms with Gasteiger partial charge in [0, 0.05) is 19.6 Å². The molecule has 5 atom stereocenters. The number of aryl methyl sites for hydroxylation is 1. The summed E-state index contributed by atoms with van der Waals surface area (Å²) >= 11 is 0. The summed E-state index contributed by atoms with van der Waals surface area (Å²) in [7, 11) is 0. The molecule has 2 aromatic carbocycles. The average Bonchev–Trinajstić information content (AvgIpc) is 3.29. The van der Waals surface area contributed by atoms with Gasteiger partial charge in [-0.15, -0.1) is 5.10 Å². The molecule has 0 spiro atoms. The number of hydrogen-bond donors (Lipinski definition) is 5. The van der Waals surface area contributed by atoms with E-state index in [1.165, 1.54) is 0 Å². The third-order valence-electron chi connectivity index (χ3n) is 6.46. The summed E-state index contributed by atoms with van der Waals surface area (Å²) in [6.07, 6.45) is -13.7. The van der Waals surface area contributed by atoms with Gasteiger partial charge in [0.2, 0.25) is 12.2 Å². The number of rotatable bonds is 11. The normalized spacial score (nSPS) is 23.2. The summed E-state index contributed by atoms with van der Waals surface area (Å²) in [5, 5.41) is 53.3. The Labute approximate surface area is 227 Å². The van der Waals surface area contributed by atoms with E-state index < -0.39 is 60.6 Å². The number of aromatic nitrogens is 2. The fourth-order valence-electron chi connectivity index (χ4n) is 4.42. The molecule has 1 aliphatic heterocycles. The summed E-state index contributed by atoms with van der Waals surface area (Å²) in [6, 6.07) is 15.8. The molecule has 218 valence electrons. The molecule has 0 radical (unpaired) electrons. The minimum absolute atomic E-state index is 0.0273. The fourth-order valence-corrected chi connectivity index (χ4v) is 4.42. The third kappa shape index (κ3) is 6.74. The number of alkyl halides is 3. The highest BCUT2D eigenvalue weighted by atomic mass is 19.4. The Morgan fingerprint density at radius 3 is 2.30 bits per heavy atom. The molecule has 1 fully saturated rings. The standard InChI is InChI=1S/C27H31F3N2O8/c28-27(29,30)24-18(13-17-9-4-5-10-19(17)38-15-16-7-2-1-3-8-16)25(31-32(24)11-6-12-33)40-26-23(37)22(36)21(35)20(14-34)39-26/h1-5,7-10,20-23,26,33-37H,6,11-15H2/t20-,21-,22+,23-,26?/m1/s1. The van der Waals surface area contributed by atoms with E-state index in [1.54, 1.807) is 24.3 Å². The van der Waals surface area contributed by atoms with Crippen molar-refractivity contribution in [1.29, 1.82) is 0 Å². The van der Waals surface area contributed by atoms with E-state index in [0.29, 0.717) is 16.0 Å². The lowest BCUT2D eigenvalue weighted by Gasteiger charge is -2.39. The maximum atomic E-state index is 14.4. The van der Waals surface area contributed by atoms with E-state index in [-0.39, 0.29) is 32.6 Å². The van der Waals surface area contributed by atoms with Crippen LogP contribution in [0.1, 0.15) is 28.8 Å². The van der Waals surface area contributed by atoms with Gasteiger partial charge in [-0.1, -0.05) is 48.5 Å². The second kappa shape index (κ2) is 13.0. The predicted molar refractivity (Wildman–Crippen MR) is 133 cm³/mol. The number of nitrogens with zero attached hydrogens (tertiary/aromatic N) is 2. The lowest BCUT2D eigenvalue weighted by Crippen LogP contribution is -2.60. The maximum Gasteiger partial charge on any atom is 0.433 e. The van der Waals surface area contributed by atoms with Crippen molar-refractivity contribution in [2.24, 2.45) is 0 Å². The first kappa shape index (κ1) is 29.8. The number of halogens is 3. The van der Waals surface area contributed by atoms with Gasteiger partial charge in [0.15, 0.2) is 0 Å². The van der Waals surface area contributed by atoms with Gasteiger partial charge in [-0.3, -0.25) is 4.68 Å². The molecule has 1 aromatic heterocycles. The van der Waals surface area contributed by atoms with E-state index in [9.17, 15) is 38.7 Å². The molecule has 3 aromatic rings. The number of para-hydroxylation sites is 1. The number of hydrogen-bond acceptors (Lipinski definition) is 9. The Bertz CT molecular complexity index is 1240. The second-order valence-electron chi connectivity index (χ2n) is 9.30. The van der Waals surface area contributed by atoms with E-state index in [4.69, 9.17) is 14.2 Å². The maximum absolute atomic E-state index is 14.4. The van der Waals surface area contributed by atoms with Crippen LogP contribution in [-0.2, 0) is 30.5 Å². The first-order chi connectivity index (χ1) is 19.1. The van der Waals surface area contributed by atoms with Crippen molar-refractivity contribution in [3.8, 4) is 11.6 Å². The van der Waals surface area contributed by atoms with Crippen LogP contribution in [0.5, 0.6) is 11.6 Å². The number of aliphatic hydroxyl groups is 5. The van der Waals surface area contributed by atoms with Crippen LogP contribution < -0.4 is 9.47 Å². The lowest BCUT2D eigenvalue weighted by atomic mass is 9.99. The molecule has 0 amide bonds. The fraction of sp³-hybridized carbons (Fsp3) is 0.444. The van der Waals surface area contributed by atoms with Crippen molar-refractivity contribution in [2.45, 2.75) is 62.9 Å². The topological polar surface area (TPSA) is 147 Å². The summed E-state index contributed by atoms with van der Waals surface area (Å²) in [5.41, 5.74) is -0.266. The van der Waals surface area contributed by atoms with Gasteiger partial charge in [-0.25, -0.2) is 0 Å². The van der Waals surface area contributed by atoms with E-state index in [0.717, 1.165) is 5.56 Å². The molecule has 40 heavy (non-hydrogen) atoms. The van der Waals surface area contributed by atoms with Crippen LogP contribution in [0.25, 0.3) is 0 Å². The average molecular weight is 569 g/mol. The minimum atomic E-state index is -4.88. The van der Waals surface area contributed by atoms with E-state index >= 15 is 0 Å². The van der Waals surface area contributed by atoms with Gasteiger partial charge in [0.05, 0.1) is 12.2 Å². The van der Waals surface area contributed by atoms with Crippen molar-refractivity contribution >= 4 is 0 Å². The second-order valence-corrected chi connectivity index (χ2v) is 9.30. The van der Waals surface area contributed by atoms with E-state index in [2.05, 4.69) is 5.10 Å². The van der Waals surface area contributed by atoms with Crippen molar-refractivity contribution < 1.29 is 52.9 Å². The van der Waals surface area contributed by atoms with Gasteiger partial charge >= 0.3 is 6.18 Å². The molecule has 2 heterocycles. The van der Waals surface area contributed by atoms with Crippen LogP contribution in [0.15, 0.2) is 54.6 Å². The van der Waals surface area contributed by atoms with Gasteiger partial charge in [0.25, 0.3) is 0 Å². The van der Waals surface area contributed by atoms with Gasteiger partial charge in [0.1, 0.15) is 42.5 Å². The molecule has 4 rings (SSSR count). The van der Waals surface area contributed by atoms with Gasteiger partial charge in [-0.05, 0) is 23.6 Å². The van der Waals surface area contributed by atoms with Gasteiger partial charge < -0.3 is 39.7 Å². The SMILES string of the molecule is OCCCn1nc(OC2O[C@H](CO)[C@@H](O)[C@H](O)[C@H]2O)c(Cc2ccccc2OCc2ccccc2)c1C(F)(F)F. The van der Waals surface area contributed by atoms with Crippen LogP contribution in [0.3, 0.4) is 0 Å². The smallest absolute Gasteiger partial charge is 0.433 e. The Hall–Kier alpha value is -3.20. The molecule has 13 heteroatoms. The lowest BCUT2D eigenvalue weighted by molar-refractivity contribution is -0.278. The van der Waals surface area contributed by atoms with Crippen LogP contribution in [0.2, 0.25) is 0 Å². The Kier molecular flexibility index (Phi) is 9.66. The number of ether oxygens (including phenoxy) is 3. The monoisotopic (exact) mass is 568 g/mol. The molecule has 1 aliphatic rings. The zero-order valence-corrected chi connectivity index (χ0v) is 21.3. The molecule has 1 unspecified atom stereocenters. The molecule has 0 saturated carbocycles. The van der Waals surface area contributed by atoms with E-state index in [1.807, 2.05) is 30.3 Å². The molecule has 10 nitrogen and oxygen atoms in total. The number of aliphatic hydroxyl groups excluding tert-OH is 5. The molecule has 0 aliphatic carbocycles. The van der Waals surface area contributed by atoms with Crippen molar-refractivity contribution in [2.75, 3.05) is 13.2 Å². The predicted octanol–water partition coefficient (Wildman–Crippen LogP) is 1.63. The Balaban J connectivity index is 1.71. The van der Waals surface area contributed by atoms with Gasteiger partial charge in [-0.2, -0.15) is 13.2 Å². The largest absolute Gasteiger partial charge is 0.489 e. The molecule has 5 N–H and O–H groups in total.